The molecular weight excluding hydrogens is 426 g/mol. The Morgan fingerprint density at radius 1 is 1.00 bits per heavy atom. The summed E-state index contributed by atoms with van der Waals surface area (Å²) in [5.41, 5.74) is 4.08. The van der Waals surface area contributed by atoms with Crippen molar-refractivity contribution in [2.45, 2.75) is 63.8 Å². The van der Waals surface area contributed by atoms with Gasteiger partial charge in [0.2, 0.25) is 0 Å². The minimum atomic E-state index is -3.70. The lowest BCUT2D eigenvalue weighted by atomic mass is 9.96. The summed E-state index contributed by atoms with van der Waals surface area (Å²) in [6.07, 6.45) is 6.22. The van der Waals surface area contributed by atoms with Gasteiger partial charge in [0.05, 0.1) is 15.5 Å². The van der Waals surface area contributed by atoms with Gasteiger partial charge in [0.1, 0.15) is 0 Å². The SMILES string of the molecule is Cc1cccc(NS(=O)(=O)c2cc(-c3sc(NC4CCCCC4)nc3C)ccc2C)c1. The summed E-state index contributed by atoms with van der Waals surface area (Å²) in [5.74, 6) is 0. The fourth-order valence-corrected chi connectivity index (χ4v) is 6.46. The van der Waals surface area contributed by atoms with Gasteiger partial charge >= 0.3 is 0 Å². The lowest BCUT2D eigenvalue weighted by Gasteiger charge is -2.22. The minimum absolute atomic E-state index is 0.293. The van der Waals surface area contributed by atoms with E-state index < -0.39 is 10.0 Å². The van der Waals surface area contributed by atoms with Gasteiger partial charge in [-0.2, -0.15) is 0 Å². The highest BCUT2D eigenvalue weighted by molar-refractivity contribution is 7.92. The molecule has 2 N–H and O–H groups in total. The number of nitrogens with one attached hydrogen (secondary N) is 2. The third-order valence-electron chi connectivity index (χ3n) is 5.74. The first-order valence-corrected chi connectivity index (χ1v) is 13.1. The molecular formula is C24H29N3O2S2. The average Bonchev–Trinajstić information content (AvgIpc) is 3.08. The molecule has 0 atom stereocenters. The van der Waals surface area contributed by atoms with Crippen LogP contribution in [0, 0.1) is 20.8 Å². The largest absolute Gasteiger partial charge is 0.359 e. The van der Waals surface area contributed by atoms with E-state index in [2.05, 4.69) is 10.0 Å². The Kier molecular flexibility index (Phi) is 6.34. The number of rotatable bonds is 6. The first-order valence-electron chi connectivity index (χ1n) is 10.8. The maximum absolute atomic E-state index is 13.1. The first kappa shape index (κ1) is 21.8. The molecule has 164 valence electrons. The van der Waals surface area contributed by atoms with Gasteiger partial charge in [-0.3, -0.25) is 4.72 Å². The quantitative estimate of drug-likeness (QED) is 0.459. The highest BCUT2D eigenvalue weighted by Crippen LogP contribution is 2.36. The molecule has 1 aliphatic carbocycles. The van der Waals surface area contributed by atoms with Crippen LogP contribution in [0.2, 0.25) is 0 Å². The van der Waals surface area contributed by atoms with E-state index >= 15 is 0 Å². The Balaban J connectivity index is 1.62. The third-order valence-corrected chi connectivity index (χ3v) is 8.40. The van der Waals surface area contributed by atoms with Crippen LogP contribution >= 0.6 is 11.3 Å². The fourth-order valence-electron chi connectivity index (χ4n) is 4.10. The standard InChI is InChI=1S/C24H29N3O2S2/c1-16-8-7-11-21(14-16)27-31(28,29)22-15-19(13-12-17(22)2)23-18(3)25-24(30-23)26-20-9-5-4-6-10-20/h7-8,11-15,20,27H,4-6,9-10H2,1-3H3,(H,25,26). The summed E-state index contributed by atoms with van der Waals surface area (Å²) >= 11 is 1.60. The van der Waals surface area contributed by atoms with Crippen LogP contribution in [-0.2, 0) is 10.0 Å². The second-order valence-corrected chi connectivity index (χ2v) is 11.0. The summed E-state index contributed by atoms with van der Waals surface area (Å²) in [4.78, 5) is 6.01. The molecule has 1 aromatic heterocycles. The van der Waals surface area contributed by atoms with Crippen molar-refractivity contribution in [3.63, 3.8) is 0 Å². The first-order chi connectivity index (χ1) is 14.8. The lowest BCUT2D eigenvalue weighted by Crippen LogP contribution is -2.21. The molecule has 0 unspecified atom stereocenters. The van der Waals surface area contributed by atoms with E-state index in [0.717, 1.165) is 26.8 Å². The molecule has 4 rings (SSSR count). The lowest BCUT2D eigenvalue weighted by molar-refractivity contribution is 0.462. The maximum Gasteiger partial charge on any atom is 0.262 e. The van der Waals surface area contributed by atoms with Crippen molar-refractivity contribution in [1.29, 1.82) is 0 Å². The molecule has 31 heavy (non-hydrogen) atoms. The van der Waals surface area contributed by atoms with Crippen LogP contribution in [0.5, 0.6) is 0 Å². The summed E-state index contributed by atoms with van der Waals surface area (Å²) in [6.45, 7) is 5.75. The Morgan fingerprint density at radius 3 is 2.52 bits per heavy atom. The Labute approximate surface area is 189 Å². The van der Waals surface area contributed by atoms with E-state index in [1.54, 1.807) is 23.5 Å². The molecule has 1 heterocycles. The van der Waals surface area contributed by atoms with Crippen molar-refractivity contribution < 1.29 is 8.42 Å². The van der Waals surface area contributed by atoms with Crippen LogP contribution in [0.1, 0.15) is 48.9 Å². The highest BCUT2D eigenvalue weighted by Gasteiger charge is 2.21. The molecule has 0 aliphatic heterocycles. The second-order valence-electron chi connectivity index (χ2n) is 8.37. The molecule has 0 radical (unpaired) electrons. The summed E-state index contributed by atoms with van der Waals surface area (Å²) < 4.78 is 29.0. The van der Waals surface area contributed by atoms with Crippen molar-refractivity contribution in [2.24, 2.45) is 0 Å². The second kappa shape index (κ2) is 9.01. The molecule has 1 saturated carbocycles. The van der Waals surface area contributed by atoms with Crippen molar-refractivity contribution in [3.8, 4) is 10.4 Å². The summed E-state index contributed by atoms with van der Waals surface area (Å²) in [6, 6.07) is 13.5. The van der Waals surface area contributed by atoms with E-state index in [-0.39, 0.29) is 0 Å². The van der Waals surface area contributed by atoms with Crippen molar-refractivity contribution >= 4 is 32.2 Å². The maximum atomic E-state index is 13.1. The molecule has 3 aromatic rings. The molecule has 0 amide bonds. The van der Waals surface area contributed by atoms with E-state index in [9.17, 15) is 8.42 Å². The molecule has 0 saturated heterocycles. The molecule has 2 aromatic carbocycles. The average molecular weight is 456 g/mol. The topological polar surface area (TPSA) is 71.1 Å². The fraction of sp³-hybridized carbons (Fsp3) is 0.375. The van der Waals surface area contributed by atoms with Gasteiger partial charge in [-0.05, 0) is 68.5 Å². The van der Waals surface area contributed by atoms with Gasteiger partial charge in [0.15, 0.2) is 5.13 Å². The molecule has 0 bridgehead atoms. The van der Waals surface area contributed by atoms with Gasteiger partial charge in [-0.15, -0.1) is 0 Å². The van der Waals surface area contributed by atoms with E-state index in [4.69, 9.17) is 4.98 Å². The van der Waals surface area contributed by atoms with Crippen LogP contribution in [-0.4, -0.2) is 19.4 Å². The van der Waals surface area contributed by atoms with E-state index in [1.165, 1.54) is 32.1 Å². The highest BCUT2D eigenvalue weighted by atomic mass is 32.2. The number of hydrogen-bond donors (Lipinski definition) is 2. The number of nitrogens with zero attached hydrogens (tertiary/aromatic N) is 1. The Hall–Kier alpha value is -2.38. The van der Waals surface area contributed by atoms with Gasteiger partial charge in [-0.25, -0.2) is 13.4 Å². The molecule has 7 heteroatoms. The predicted molar refractivity (Wildman–Crippen MR) is 130 cm³/mol. The van der Waals surface area contributed by atoms with E-state index in [0.29, 0.717) is 22.2 Å². The Bertz CT molecular complexity index is 1180. The van der Waals surface area contributed by atoms with Gasteiger partial charge in [0, 0.05) is 11.7 Å². The third kappa shape index (κ3) is 5.10. The van der Waals surface area contributed by atoms with Crippen LogP contribution < -0.4 is 10.0 Å². The monoisotopic (exact) mass is 455 g/mol. The zero-order chi connectivity index (χ0) is 22.0. The van der Waals surface area contributed by atoms with Gasteiger partial charge in [0.25, 0.3) is 10.0 Å². The summed E-state index contributed by atoms with van der Waals surface area (Å²) in [5, 5.41) is 4.50. The number of thiazole rings is 1. The smallest absolute Gasteiger partial charge is 0.262 e. The Morgan fingerprint density at radius 2 is 1.77 bits per heavy atom. The minimum Gasteiger partial charge on any atom is -0.359 e. The van der Waals surface area contributed by atoms with Crippen molar-refractivity contribution in [3.05, 3.63) is 59.3 Å². The zero-order valence-corrected chi connectivity index (χ0v) is 19.9. The van der Waals surface area contributed by atoms with Crippen LogP contribution in [0.15, 0.2) is 47.4 Å². The van der Waals surface area contributed by atoms with Crippen LogP contribution in [0.3, 0.4) is 0 Å². The van der Waals surface area contributed by atoms with E-state index in [1.807, 2.05) is 51.1 Å². The number of aryl methyl sites for hydroxylation is 3. The number of benzene rings is 2. The zero-order valence-electron chi connectivity index (χ0n) is 18.2. The predicted octanol–water partition coefficient (Wildman–Crippen LogP) is 6.28. The van der Waals surface area contributed by atoms with Crippen LogP contribution in [0.25, 0.3) is 10.4 Å². The molecule has 0 spiro atoms. The number of hydrogen-bond acceptors (Lipinski definition) is 5. The molecule has 5 nitrogen and oxygen atoms in total. The number of anilines is 2. The van der Waals surface area contributed by atoms with Gasteiger partial charge < -0.3 is 5.32 Å². The summed E-state index contributed by atoms with van der Waals surface area (Å²) in [7, 11) is -3.70. The van der Waals surface area contributed by atoms with Gasteiger partial charge in [-0.1, -0.05) is 54.9 Å². The van der Waals surface area contributed by atoms with Crippen LogP contribution in [0.4, 0.5) is 10.8 Å². The molecule has 1 fully saturated rings. The van der Waals surface area contributed by atoms with Crippen molar-refractivity contribution in [1.82, 2.24) is 4.98 Å². The van der Waals surface area contributed by atoms with Crippen molar-refractivity contribution in [2.75, 3.05) is 10.0 Å². The molecule has 1 aliphatic rings. The number of sulfonamides is 1. The normalized spacial score (nSPS) is 15.1. The number of aromatic nitrogens is 1.